The van der Waals surface area contributed by atoms with Gasteiger partial charge in [-0.3, -0.25) is 0 Å². The molecule has 1 saturated heterocycles. The summed E-state index contributed by atoms with van der Waals surface area (Å²) in [5.41, 5.74) is 0. The lowest BCUT2D eigenvalue weighted by atomic mass is 10.2. The third kappa shape index (κ3) is 2.83. The van der Waals surface area contributed by atoms with E-state index in [4.69, 9.17) is 0 Å². The van der Waals surface area contributed by atoms with Gasteiger partial charge in [-0.25, -0.2) is 8.42 Å². The van der Waals surface area contributed by atoms with Crippen molar-refractivity contribution in [2.75, 3.05) is 12.3 Å². The standard InChI is InChI=1S/C12H17NO2S/c14-16(15,12-6-2-1-3-7-12)10-8-11-5-4-9-13-11/h1-3,6-7,11,13H,4-5,8-10H2. The van der Waals surface area contributed by atoms with Crippen molar-refractivity contribution in [3.8, 4) is 0 Å². The smallest absolute Gasteiger partial charge is 0.178 e. The lowest BCUT2D eigenvalue weighted by Crippen LogP contribution is -2.24. The molecule has 4 heteroatoms. The Labute approximate surface area is 96.8 Å². The zero-order valence-electron chi connectivity index (χ0n) is 9.22. The van der Waals surface area contributed by atoms with E-state index in [0.717, 1.165) is 25.8 Å². The molecule has 1 heterocycles. The zero-order valence-corrected chi connectivity index (χ0v) is 10.0. The monoisotopic (exact) mass is 239 g/mol. The summed E-state index contributed by atoms with van der Waals surface area (Å²) >= 11 is 0. The Kier molecular flexibility index (Phi) is 3.61. The van der Waals surface area contributed by atoms with Crippen molar-refractivity contribution in [2.24, 2.45) is 0 Å². The maximum absolute atomic E-state index is 12.0. The predicted molar refractivity (Wildman–Crippen MR) is 64.1 cm³/mol. The van der Waals surface area contributed by atoms with E-state index in [-0.39, 0.29) is 5.75 Å². The number of hydrogen-bond donors (Lipinski definition) is 1. The second-order valence-corrected chi connectivity index (χ2v) is 6.32. The molecule has 1 unspecified atom stereocenters. The summed E-state index contributed by atoms with van der Waals surface area (Å²) in [4.78, 5) is 0.438. The molecular formula is C12H17NO2S. The summed E-state index contributed by atoms with van der Waals surface area (Å²) in [6.07, 6.45) is 2.98. The fourth-order valence-electron chi connectivity index (χ4n) is 2.05. The first-order valence-corrected chi connectivity index (χ1v) is 7.35. The predicted octanol–water partition coefficient (Wildman–Crippen LogP) is 1.60. The Balaban J connectivity index is 1.98. The van der Waals surface area contributed by atoms with Gasteiger partial charge in [0, 0.05) is 6.04 Å². The number of benzene rings is 1. The first-order valence-electron chi connectivity index (χ1n) is 5.70. The van der Waals surface area contributed by atoms with E-state index in [1.54, 1.807) is 24.3 Å². The van der Waals surface area contributed by atoms with Crippen LogP contribution >= 0.6 is 0 Å². The van der Waals surface area contributed by atoms with Crippen LogP contribution in [0, 0.1) is 0 Å². The summed E-state index contributed by atoms with van der Waals surface area (Å²) in [5, 5.41) is 3.32. The van der Waals surface area contributed by atoms with Crippen LogP contribution < -0.4 is 5.32 Å². The van der Waals surface area contributed by atoms with E-state index >= 15 is 0 Å². The van der Waals surface area contributed by atoms with Crippen molar-refractivity contribution >= 4 is 9.84 Å². The molecule has 0 aliphatic carbocycles. The summed E-state index contributed by atoms with van der Waals surface area (Å²) in [6.45, 7) is 1.02. The molecule has 1 atom stereocenters. The molecule has 1 aliphatic heterocycles. The van der Waals surface area contributed by atoms with Crippen molar-refractivity contribution in [2.45, 2.75) is 30.2 Å². The molecule has 1 aromatic rings. The lowest BCUT2D eigenvalue weighted by molar-refractivity contribution is 0.562. The zero-order chi connectivity index (χ0) is 11.4. The molecule has 1 N–H and O–H groups in total. The summed E-state index contributed by atoms with van der Waals surface area (Å²) < 4.78 is 23.9. The SMILES string of the molecule is O=S(=O)(CCC1CCCN1)c1ccccc1. The molecule has 0 spiro atoms. The van der Waals surface area contributed by atoms with Crippen LogP contribution in [0.25, 0.3) is 0 Å². The van der Waals surface area contributed by atoms with Crippen LogP contribution in [0.4, 0.5) is 0 Å². The van der Waals surface area contributed by atoms with Crippen molar-refractivity contribution in [1.82, 2.24) is 5.32 Å². The molecule has 0 saturated carbocycles. The minimum atomic E-state index is -3.09. The van der Waals surface area contributed by atoms with Gasteiger partial charge in [0.05, 0.1) is 10.6 Å². The van der Waals surface area contributed by atoms with Crippen LogP contribution in [0.2, 0.25) is 0 Å². The highest BCUT2D eigenvalue weighted by Crippen LogP contribution is 2.15. The number of sulfone groups is 1. The molecule has 0 amide bonds. The van der Waals surface area contributed by atoms with Crippen LogP contribution in [-0.4, -0.2) is 26.8 Å². The van der Waals surface area contributed by atoms with Crippen LogP contribution in [0.1, 0.15) is 19.3 Å². The molecule has 1 fully saturated rings. The van der Waals surface area contributed by atoms with Gasteiger partial charge in [-0.15, -0.1) is 0 Å². The van der Waals surface area contributed by atoms with E-state index in [1.807, 2.05) is 6.07 Å². The third-order valence-corrected chi connectivity index (χ3v) is 4.76. The lowest BCUT2D eigenvalue weighted by Gasteiger charge is -2.10. The largest absolute Gasteiger partial charge is 0.314 e. The maximum Gasteiger partial charge on any atom is 0.178 e. The molecule has 0 radical (unpaired) electrons. The summed E-state index contributed by atoms with van der Waals surface area (Å²) in [5.74, 6) is 0.245. The van der Waals surface area contributed by atoms with E-state index in [2.05, 4.69) is 5.32 Å². The van der Waals surface area contributed by atoms with Crippen LogP contribution in [-0.2, 0) is 9.84 Å². The molecule has 1 aromatic carbocycles. The number of nitrogens with one attached hydrogen (secondary N) is 1. The van der Waals surface area contributed by atoms with Gasteiger partial charge in [0.2, 0.25) is 0 Å². The topological polar surface area (TPSA) is 46.2 Å². The van der Waals surface area contributed by atoms with Crippen LogP contribution in [0.3, 0.4) is 0 Å². The summed E-state index contributed by atoms with van der Waals surface area (Å²) in [6, 6.07) is 9.08. The van der Waals surface area contributed by atoms with Crippen molar-refractivity contribution in [3.05, 3.63) is 30.3 Å². The molecule has 88 valence electrons. The van der Waals surface area contributed by atoms with E-state index in [1.165, 1.54) is 0 Å². The highest BCUT2D eigenvalue weighted by molar-refractivity contribution is 7.91. The van der Waals surface area contributed by atoms with Crippen molar-refractivity contribution < 1.29 is 8.42 Å². The summed E-state index contributed by atoms with van der Waals surface area (Å²) in [7, 11) is -3.09. The van der Waals surface area contributed by atoms with Gasteiger partial charge in [0.25, 0.3) is 0 Å². The normalized spacial score (nSPS) is 21.1. The fraction of sp³-hybridized carbons (Fsp3) is 0.500. The Morgan fingerprint density at radius 3 is 2.62 bits per heavy atom. The van der Waals surface area contributed by atoms with Gasteiger partial charge in [-0.1, -0.05) is 18.2 Å². The molecule has 3 nitrogen and oxygen atoms in total. The molecule has 16 heavy (non-hydrogen) atoms. The third-order valence-electron chi connectivity index (χ3n) is 3.00. The van der Waals surface area contributed by atoms with Gasteiger partial charge in [0.1, 0.15) is 0 Å². The maximum atomic E-state index is 12.0. The van der Waals surface area contributed by atoms with E-state index in [0.29, 0.717) is 10.9 Å². The Bertz CT molecular complexity index is 422. The Morgan fingerprint density at radius 1 is 1.25 bits per heavy atom. The Morgan fingerprint density at radius 2 is 2.00 bits per heavy atom. The van der Waals surface area contributed by atoms with Crippen LogP contribution in [0.15, 0.2) is 35.2 Å². The molecule has 2 rings (SSSR count). The quantitative estimate of drug-likeness (QED) is 0.868. The molecule has 0 aromatic heterocycles. The second-order valence-electron chi connectivity index (χ2n) is 4.21. The first-order chi connectivity index (χ1) is 7.68. The average Bonchev–Trinajstić information content (AvgIpc) is 2.81. The molecule has 1 aliphatic rings. The first kappa shape index (κ1) is 11.6. The fourth-order valence-corrected chi connectivity index (χ4v) is 3.45. The van der Waals surface area contributed by atoms with Crippen LogP contribution in [0.5, 0.6) is 0 Å². The second kappa shape index (κ2) is 4.97. The highest BCUT2D eigenvalue weighted by atomic mass is 32.2. The Hall–Kier alpha value is -0.870. The number of hydrogen-bond acceptors (Lipinski definition) is 3. The van der Waals surface area contributed by atoms with Gasteiger partial charge < -0.3 is 5.32 Å². The van der Waals surface area contributed by atoms with Crippen molar-refractivity contribution in [1.29, 1.82) is 0 Å². The van der Waals surface area contributed by atoms with Gasteiger partial charge in [0.15, 0.2) is 9.84 Å². The van der Waals surface area contributed by atoms with Gasteiger partial charge >= 0.3 is 0 Å². The van der Waals surface area contributed by atoms with Gasteiger partial charge in [-0.05, 0) is 37.9 Å². The average molecular weight is 239 g/mol. The minimum Gasteiger partial charge on any atom is -0.314 e. The number of rotatable bonds is 4. The molecular weight excluding hydrogens is 222 g/mol. The highest BCUT2D eigenvalue weighted by Gasteiger charge is 2.19. The van der Waals surface area contributed by atoms with Crippen molar-refractivity contribution in [3.63, 3.8) is 0 Å². The van der Waals surface area contributed by atoms with E-state index in [9.17, 15) is 8.42 Å². The van der Waals surface area contributed by atoms with E-state index < -0.39 is 9.84 Å². The van der Waals surface area contributed by atoms with Gasteiger partial charge in [-0.2, -0.15) is 0 Å². The molecule has 0 bridgehead atoms. The minimum absolute atomic E-state index is 0.245.